The maximum Gasteiger partial charge on any atom is 1.00 e. The van der Waals surface area contributed by atoms with E-state index < -0.39 is 40.2 Å². The third-order valence-corrected chi connectivity index (χ3v) is 4.26. The van der Waals surface area contributed by atoms with E-state index in [1.807, 2.05) is 0 Å². The summed E-state index contributed by atoms with van der Waals surface area (Å²) in [7, 11) is -5.14. The fourth-order valence-electron chi connectivity index (χ4n) is 2.97. The van der Waals surface area contributed by atoms with E-state index >= 15 is 0 Å². The molecule has 0 spiro atoms. The molecule has 1 aromatic heterocycles. The van der Waals surface area contributed by atoms with Crippen LogP contribution in [0, 0.1) is 0 Å². The molecule has 12 nitrogen and oxygen atoms in total. The minimum absolute atomic E-state index is 0. The number of oxazole rings is 1. The van der Waals surface area contributed by atoms with Crippen molar-refractivity contribution in [1.82, 2.24) is 20.3 Å². The van der Waals surface area contributed by atoms with Gasteiger partial charge in [0.15, 0.2) is 0 Å². The molecule has 0 aliphatic carbocycles. The zero-order valence-corrected chi connectivity index (χ0v) is 19.1. The predicted molar refractivity (Wildman–Crippen MR) is 91.0 cm³/mol. The van der Waals surface area contributed by atoms with E-state index in [2.05, 4.69) is 14.6 Å². The number of hydroxylamine groups is 2. The van der Waals surface area contributed by atoms with E-state index in [9.17, 15) is 22.6 Å². The van der Waals surface area contributed by atoms with Crippen molar-refractivity contribution in [2.24, 2.45) is 0 Å². The van der Waals surface area contributed by atoms with Crippen molar-refractivity contribution < 1.29 is 65.6 Å². The second-order valence-electron chi connectivity index (χ2n) is 7.17. The molecule has 2 aliphatic rings. The number of aromatic nitrogens is 1. The summed E-state index contributed by atoms with van der Waals surface area (Å²) in [4.78, 5) is 29.8. The van der Waals surface area contributed by atoms with Gasteiger partial charge in [-0.3, -0.25) is 0 Å². The topological polar surface area (TPSA) is 154 Å². The molecule has 3 heterocycles. The molecular weight excluding hydrogens is 419 g/mol. The first-order chi connectivity index (χ1) is 12.9. The molecule has 0 aromatic carbocycles. The zero-order chi connectivity index (χ0) is 20.7. The van der Waals surface area contributed by atoms with Crippen molar-refractivity contribution in [1.29, 1.82) is 0 Å². The standard InChI is InChI=1S/C15H20N4O8S.Na/c1-15(2,3)26-13(20)17-7-11-10(12-16-4-5-25-12)6-9-8-18(11)14(21)19(9)27-28(22,23)24;/h4-6,9,11H,7-8H2,1-3H3,(H,17,20)(H,22,23,24);/q;+1/p-1/t9-,11-;/m1./s1. The molecule has 14 heteroatoms. The van der Waals surface area contributed by atoms with Gasteiger partial charge in [-0.15, -0.1) is 0 Å². The van der Waals surface area contributed by atoms with Crippen molar-refractivity contribution in [3.8, 4) is 0 Å². The van der Waals surface area contributed by atoms with E-state index in [1.165, 1.54) is 23.4 Å². The average Bonchev–Trinajstić information content (AvgIpc) is 3.15. The molecule has 1 fully saturated rings. The van der Waals surface area contributed by atoms with Gasteiger partial charge in [0.2, 0.25) is 16.3 Å². The Bertz CT molecular complexity index is 896. The Hall–Kier alpha value is -1.64. The van der Waals surface area contributed by atoms with Crippen LogP contribution < -0.4 is 34.9 Å². The second-order valence-corrected chi connectivity index (χ2v) is 8.13. The molecule has 2 atom stereocenters. The molecule has 1 aromatic rings. The predicted octanol–water partition coefficient (Wildman–Crippen LogP) is -2.53. The summed E-state index contributed by atoms with van der Waals surface area (Å²) in [6, 6.07) is -2.41. The summed E-state index contributed by atoms with van der Waals surface area (Å²) in [6.45, 7) is 5.12. The van der Waals surface area contributed by atoms with Crippen molar-refractivity contribution in [2.75, 3.05) is 13.1 Å². The van der Waals surface area contributed by atoms with Crippen LogP contribution in [0.4, 0.5) is 9.59 Å². The van der Waals surface area contributed by atoms with Crippen molar-refractivity contribution in [2.45, 2.75) is 38.5 Å². The SMILES string of the molecule is CC(C)(C)OC(=O)NC[C@@H]1C(c2ncco2)=C[C@@H]2CN1C(=O)N2OS(=O)(=O)[O-].[Na+]. The minimum atomic E-state index is -5.14. The molecule has 0 radical (unpaired) electrons. The first kappa shape index (κ1) is 23.6. The van der Waals surface area contributed by atoms with Gasteiger partial charge in [0, 0.05) is 18.7 Å². The van der Waals surface area contributed by atoms with E-state index in [0.29, 0.717) is 10.6 Å². The van der Waals surface area contributed by atoms with Crippen LogP contribution >= 0.6 is 0 Å². The summed E-state index contributed by atoms with van der Waals surface area (Å²) in [5.74, 6) is 0.185. The van der Waals surface area contributed by atoms with Crippen LogP contribution in [0.25, 0.3) is 5.57 Å². The number of alkyl carbamates (subject to hydrolysis) is 1. The van der Waals surface area contributed by atoms with Gasteiger partial charge in [0.05, 0.1) is 18.3 Å². The van der Waals surface area contributed by atoms with Crippen LogP contribution in [-0.4, -0.2) is 70.8 Å². The maximum atomic E-state index is 12.6. The van der Waals surface area contributed by atoms with E-state index in [4.69, 9.17) is 9.15 Å². The van der Waals surface area contributed by atoms with E-state index in [1.54, 1.807) is 20.8 Å². The number of carbonyl (C=O) groups excluding carboxylic acids is 2. The number of nitrogens with zero attached hydrogens (tertiary/aromatic N) is 3. The molecule has 1 saturated heterocycles. The molecule has 29 heavy (non-hydrogen) atoms. The molecule has 3 rings (SSSR count). The molecule has 2 aliphatic heterocycles. The molecule has 3 amide bonds. The van der Waals surface area contributed by atoms with Gasteiger partial charge in [-0.05, 0) is 26.8 Å². The number of urea groups is 1. The smallest absolute Gasteiger partial charge is 0.724 e. The van der Waals surface area contributed by atoms with Crippen LogP contribution in [0.1, 0.15) is 26.7 Å². The Morgan fingerprint density at radius 1 is 1.45 bits per heavy atom. The summed E-state index contributed by atoms with van der Waals surface area (Å²) < 4.78 is 47.6. The third kappa shape index (κ3) is 5.71. The Balaban J connectivity index is 0.00000300. The zero-order valence-electron chi connectivity index (χ0n) is 16.3. The normalized spacial score (nSPS) is 21.5. The number of fused-ring (bicyclic) bond motifs is 2. The van der Waals surface area contributed by atoms with Gasteiger partial charge in [-0.2, -0.15) is 9.35 Å². The monoisotopic (exact) mass is 438 g/mol. The van der Waals surface area contributed by atoms with Gasteiger partial charge in [0.25, 0.3) is 0 Å². The van der Waals surface area contributed by atoms with Crippen LogP contribution in [0.5, 0.6) is 0 Å². The van der Waals surface area contributed by atoms with Crippen molar-refractivity contribution >= 4 is 28.1 Å². The molecule has 2 bridgehead atoms. The van der Waals surface area contributed by atoms with Crippen LogP contribution in [0.15, 0.2) is 23.0 Å². The second kappa shape index (κ2) is 8.62. The third-order valence-electron chi connectivity index (χ3n) is 3.92. The Labute approximate surface area is 189 Å². The number of carbonyl (C=O) groups is 2. The van der Waals surface area contributed by atoms with Gasteiger partial charge in [0.1, 0.15) is 11.9 Å². The number of amides is 3. The van der Waals surface area contributed by atoms with Gasteiger partial charge in [-0.1, -0.05) is 0 Å². The number of nitrogens with one attached hydrogen (secondary N) is 1. The van der Waals surface area contributed by atoms with E-state index in [0.717, 1.165) is 0 Å². The molecular formula is C15H19N4NaO8S. The van der Waals surface area contributed by atoms with Gasteiger partial charge >= 0.3 is 41.7 Å². The number of rotatable bonds is 5. The average molecular weight is 438 g/mol. The van der Waals surface area contributed by atoms with Crippen LogP contribution in [0.3, 0.4) is 0 Å². The van der Waals surface area contributed by atoms with Gasteiger partial charge in [-0.25, -0.2) is 23.0 Å². The summed E-state index contributed by atoms with van der Waals surface area (Å²) in [5.41, 5.74) is -0.278. The Morgan fingerprint density at radius 3 is 2.69 bits per heavy atom. The molecule has 0 saturated carbocycles. The summed E-state index contributed by atoms with van der Waals surface area (Å²) in [5, 5.41) is 3.05. The first-order valence-electron chi connectivity index (χ1n) is 8.28. The largest absolute Gasteiger partial charge is 1.00 e. The van der Waals surface area contributed by atoms with Gasteiger partial charge < -0.3 is 23.9 Å². The van der Waals surface area contributed by atoms with E-state index in [-0.39, 0.29) is 48.5 Å². The fourth-order valence-corrected chi connectivity index (χ4v) is 3.34. The molecule has 0 unspecified atom stereocenters. The summed E-state index contributed by atoms with van der Waals surface area (Å²) in [6.07, 6.45) is 3.56. The maximum absolute atomic E-state index is 12.6. The Kier molecular flexibility index (Phi) is 7.02. The molecule has 1 N–H and O–H groups in total. The number of hydrogen-bond donors (Lipinski definition) is 1. The minimum Gasteiger partial charge on any atom is -0.724 e. The number of hydrogen-bond acceptors (Lipinski definition) is 9. The fraction of sp³-hybridized carbons (Fsp3) is 0.533. The first-order valence-corrected chi connectivity index (χ1v) is 9.61. The number of ether oxygens (including phenoxy) is 1. The molecule has 154 valence electrons. The quantitative estimate of drug-likeness (QED) is 0.298. The van der Waals surface area contributed by atoms with Crippen molar-refractivity contribution in [3.63, 3.8) is 0 Å². The van der Waals surface area contributed by atoms with Crippen molar-refractivity contribution in [3.05, 3.63) is 24.4 Å². The Morgan fingerprint density at radius 2 is 2.14 bits per heavy atom. The van der Waals surface area contributed by atoms with Crippen LogP contribution in [-0.2, 0) is 19.4 Å². The summed E-state index contributed by atoms with van der Waals surface area (Å²) >= 11 is 0. The van der Waals surface area contributed by atoms with Crippen LogP contribution in [0.2, 0.25) is 0 Å².